The molecular weight excluding hydrogens is 335 g/mol. The first-order valence-corrected chi connectivity index (χ1v) is 8.59. The molecule has 3 rings (SSSR count). The Morgan fingerprint density at radius 2 is 1.56 bits per heavy atom. The topological polar surface area (TPSA) is 41.1 Å². The van der Waals surface area contributed by atoms with Crippen molar-refractivity contribution >= 4 is 17.9 Å². The summed E-state index contributed by atoms with van der Waals surface area (Å²) in [5.41, 5.74) is 4.76. The van der Waals surface area contributed by atoms with E-state index in [0.29, 0.717) is 16.7 Å². The summed E-state index contributed by atoms with van der Waals surface area (Å²) >= 11 is 1.28. The van der Waals surface area contributed by atoms with E-state index >= 15 is 0 Å². The van der Waals surface area contributed by atoms with E-state index in [2.05, 4.69) is 10.3 Å². The molecule has 0 saturated carbocycles. The lowest BCUT2D eigenvalue weighted by molar-refractivity contribution is 0.0946. The Bertz CT molecular complexity index is 870. The molecule has 3 aromatic rings. The number of benzene rings is 3. The van der Waals surface area contributed by atoms with Crippen molar-refractivity contribution in [1.29, 1.82) is 0 Å². The highest BCUT2D eigenvalue weighted by Crippen LogP contribution is 2.24. The van der Waals surface area contributed by atoms with Crippen LogP contribution in [0.2, 0.25) is 0 Å². The van der Waals surface area contributed by atoms with Gasteiger partial charge in [0.25, 0.3) is 5.91 Å². The van der Waals surface area contributed by atoms with E-state index in [0.717, 1.165) is 10.5 Å². The summed E-state index contributed by atoms with van der Waals surface area (Å²) in [5.74, 6) is -0.778. The molecule has 126 valence electrons. The zero-order chi connectivity index (χ0) is 17.6. The Kier molecular flexibility index (Phi) is 5.48. The zero-order valence-electron chi connectivity index (χ0n) is 13.6. The van der Waals surface area contributed by atoms with Gasteiger partial charge in [0.15, 0.2) is 0 Å². The molecule has 0 atom stereocenters. The van der Waals surface area contributed by atoms with Crippen molar-refractivity contribution in [3.63, 3.8) is 0 Å². The van der Waals surface area contributed by atoms with Crippen molar-refractivity contribution in [1.82, 2.24) is 10.3 Å². The summed E-state index contributed by atoms with van der Waals surface area (Å²) < 4.78 is 14.3. The van der Waals surface area contributed by atoms with Crippen LogP contribution >= 0.6 is 11.9 Å². The number of hydrogen-bond acceptors (Lipinski definition) is 3. The number of carbonyl (C=O) groups is 1. The molecule has 0 unspecified atom stereocenters. The number of carbonyl (C=O) groups excluding carboxylic acids is 1. The van der Waals surface area contributed by atoms with E-state index in [1.165, 1.54) is 18.0 Å². The van der Waals surface area contributed by atoms with Crippen LogP contribution in [0.3, 0.4) is 0 Å². The maximum atomic E-state index is 14.3. The Morgan fingerprint density at radius 3 is 2.24 bits per heavy atom. The Balaban J connectivity index is 1.76. The third kappa shape index (κ3) is 4.26. The van der Waals surface area contributed by atoms with Crippen LogP contribution in [0.15, 0.2) is 77.7 Å². The number of rotatable bonds is 5. The van der Waals surface area contributed by atoms with Crippen LogP contribution in [0.4, 0.5) is 4.39 Å². The lowest BCUT2D eigenvalue weighted by Gasteiger charge is -2.11. The van der Waals surface area contributed by atoms with Crippen molar-refractivity contribution in [2.24, 2.45) is 0 Å². The third-order valence-corrected chi connectivity index (χ3v) is 4.48. The van der Waals surface area contributed by atoms with Crippen LogP contribution in [-0.2, 0) is 0 Å². The summed E-state index contributed by atoms with van der Waals surface area (Å²) in [5, 5.41) is 0. The number of hydrogen-bond donors (Lipinski definition) is 2. The predicted octanol–water partition coefficient (Wildman–Crippen LogP) is 4.74. The van der Waals surface area contributed by atoms with Gasteiger partial charge in [-0.25, -0.2) is 4.39 Å². The number of nitrogens with one attached hydrogen (secondary N) is 2. The summed E-state index contributed by atoms with van der Waals surface area (Å²) in [6, 6.07) is 22.2. The van der Waals surface area contributed by atoms with E-state index in [4.69, 9.17) is 0 Å². The maximum Gasteiger partial charge on any atom is 0.266 e. The number of amides is 1. The second-order valence-electron chi connectivity index (χ2n) is 5.47. The lowest BCUT2D eigenvalue weighted by Crippen LogP contribution is -2.33. The van der Waals surface area contributed by atoms with Crippen molar-refractivity contribution in [2.45, 2.75) is 11.8 Å². The second kappa shape index (κ2) is 7.96. The average molecular weight is 352 g/mol. The highest BCUT2D eigenvalue weighted by Gasteiger charge is 2.14. The first-order chi connectivity index (χ1) is 12.1. The largest absolute Gasteiger partial charge is 0.277 e. The maximum absolute atomic E-state index is 14.3. The van der Waals surface area contributed by atoms with E-state index in [1.807, 2.05) is 60.7 Å². The minimum Gasteiger partial charge on any atom is -0.277 e. The van der Waals surface area contributed by atoms with Gasteiger partial charge >= 0.3 is 0 Å². The molecule has 0 radical (unpaired) electrons. The fourth-order valence-electron chi connectivity index (χ4n) is 2.40. The lowest BCUT2D eigenvalue weighted by atomic mass is 9.99. The van der Waals surface area contributed by atoms with Gasteiger partial charge in [0.2, 0.25) is 0 Å². The summed E-state index contributed by atoms with van der Waals surface area (Å²) in [6.45, 7) is 1.60. The minimum absolute atomic E-state index is 0.306. The van der Waals surface area contributed by atoms with Crippen LogP contribution in [-0.4, -0.2) is 5.91 Å². The minimum atomic E-state index is -0.401. The van der Waals surface area contributed by atoms with Crippen LogP contribution in [0, 0.1) is 12.7 Å². The molecule has 0 bridgehead atoms. The molecule has 0 heterocycles. The molecule has 5 heteroatoms. The van der Waals surface area contributed by atoms with Gasteiger partial charge in [-0.15, -0.1) is 0 Å². The molecular formula is C20H17FN2OS. The second-order valence-corrected chi connectivity index (χ2v) is 6.35. The zero-order valence-corrected chi connectivity index (χ0v) is 14.4. The Hall–Kier alpha value is -2.63. The van der Waals surface area contributed by atoms with Gasteiger partial charge in [-0.1, -0.05) is 48.5 Å². The van der Waals surface area contributed by atoms with Gasteiger partial charge in [0, 0.05) is 10.5 Å². The molecule has 3 nitrogen and oxygen atoms in total. The van der Waals surface area contributed by atoms with Gasteiger partial charge in [0.05, 0.1) is 0 Å². The monoisotopic (exact) mass is 352 g/mol. The quantitative estimate of drug-likeness (QED) is 0.515. The normalized spacial score (nSPS) is 10.5. The van der Waals surface area contributed by atoms with Gasteiger partial charge < -0.3 is 0 Å². The molecule has 0 spiro atoms. The van der Waals surface area contributed by atoms with Crippen molar-refractivity contribution in [3.8, 4) is 11.1 Å². The van der Waals surface area contributed by atoms with Crippen LogP contribution in [0.5, 0.6) is 0 Å². The van der Waals surface area contributed by atoms with Gasteiger partial charge in [-0.3, -0.25) is 10.2 Å². The standard InChI is InChI=1S/C20H17FN2OS/c1-14-18(20(24)22-23-25-17-10-6-3-7-11-17)12-16(13-19(14)21)15-8-4-2-5-9-15/h2-13,23H,1H3,(H,22,24). The molecule has 0 saturated heterocycles. The van der Waals surface area contributed by atoms with Crippen LogP contribution < -0.4 is 10.3 Å². The summed E-state index contributed by atoms with van der Waals surface area (Å²) in [6.07, 6.45) is 0. The fourth-order valence-corrected chi connectivity index (χ4v) is 2.95. The highest BCUT2D eigenvalue weighted by atomic mass is 32.2. The van der Waals surface area contributed by atoms with Crippen molar-refractivity contribution in [3.05, 3.63) is 89.7 Å². The predicted molar refractivity (Wildman–Crippen MR) is 99.5 cm³/mol. The van der Waals surface area contributed by atoms with Crippen molar-refractivity contribution in [2.75, 3.05) is 0 Å². The SMILES string of the molecule is Cc1c(F)cc(-c2ccccc2)cc1C(=O)NNSc1ccccc1. The molecule has 0 aromatic heterocycles. The number of hydrazine groups is 1. The third-order valence-electron chi connectivity index (χ3n) is 3.77. The van der Waals surface area contributed by atoms with Gasteiger partial charge in [-0.05, 0) is 59.8 Å². The first kappa shape index (κ1) is 17.2. The van der Waals surface area contributed by atoms with E-state index in [-0.39, 0.29) is 5.91 Å². The van der Waals surface area contributed by atoms with E-state index in [1.54, 1.807) is 13.0 Å². The van der Waals surface area contributed by atoms with Gasteiger partial charge in [-0.2, -0.15) is 4.83 Å². The molecule has 0 aliphatic carbocycles. The molecule has 1 amide bonds. The highest BCUT2D eigenvalue weighted by molar-refractivity contribution is 7.97. The Labute approximate surface area is 150 Å². The average Bonchev–Trinajstić information content (AvgIpc) is 2.65. The molecule has 25 heavy (non-hydrogen) atoms. The fraction of sp³-hybridized carbons (Fsp3) is 0.0500. The van der Waals surface area contributed by atoms with E-state index < -0.39 is 5.82 Å². The van der Waals surface area contributed by atoms with Crippen molar-refractivity contribution < 1.29 is 9.18 Å². The van der Waals surface area contributed by atoms with Crippen LogP contribution in [0.1, 0.15) is 15.9 Å². The van der Waals surface area contributed by atoms with Gasteiger partial charge in [0.1, 0.15) is 5.82 Å². The van der Waals surface area contributed by atoms with E-state index in [9.17, 15) is 9.18 Å². The first-order valence-electron chi connectivity index (χ1n) is 7.78. The summed E-state index contributed by atoms with van der Waals surface area (Å²) in [7, 11) is 0. The summed E-state index contributed by atoms with van der Waals surface area (Å²) in [4.78, 5) is 16.2. The molecule has 3 aromatic carbocycles. The molecule has 0 aliphatic heterocycles. The smallest absolute Gasteiger partial charge is 0.266 e. The Morgan fingerprint density at radius 1 is 0.920 bits per heavy atom. The number of halogens is 1. The molecule has 2 N–H and O–H groups in total. The van der Waals surface area contributed by atoms with Crippen LogP contribution in [0.25, 0.3) is 11.1 Å². The molecule has 0 fully saturated rings. The molecule has 0 aliphatic rings.